The molecule has 2 fully saturated rings. The van der Waals surface area contributed by atoms with Crippen LogP contribution in [0, 0.1) is 22.7 Å². The normalized spacial score (nSPS) is 41.7. The number of carbonyl (C=O) groups excluding carboxylic acids is 1. The molecule has 5 unspecified atom stereocenters. The molecule has 1 saturated heterocycles. The Kier molecular flexibility index (Phi) is 3.79. The molecular weight excluding hydrogens is 288 g/mol. The van der Waals surface area contributed by atoms with Gasteiger partial charge in [-0.1, -0.05) is 39.3 Å². The minimum Gasteiger partial charge on any atom is -0.456 e. The SMILES string of the molecule is C=CC(C)(O)C1CC2C(=CCC3C(C)(C)CCCC23C)C(=O)O1. The van der Waals surface area contributed by atoms with Crippen molar-refractivity contribution in [2.24, 2.45) is 22.7 Å². The van der Waals surface area contributed by atoms with Gasteiger partial charge in [-0.2, -0.15) is 0 Å². The summed E-state index contributed by atoms with van der Waals surface area (Å²) in [6, 6.07) is 0. The lowest BCUT2D eigenvalue weighted by atomic mass is 9.47. The van der Waals surface area contributed by atoms with Gasteiger partial charge in [0.2, 0.25) is 0 Å². The third-order valence-corrected chi connectivity index (χ3v) is 7.02. The Bertz CT molecular complexity index is 557. The molecule has 0 aromatic heterocycles. The summed E-state index contributed by atoms with van der Waals surface area (Å²) in [4.78, 5) is 12.5. The fourth-order valence-electron chi connectivity index (χ4n) is 5.48. The van der Waals surface area contributed by atoms with E-state index in [1.54, 1.807) is 6.92 Å². The van der Waals surface area contributed by atoms with Gasteiger partial charge in [-0.25, -0.2) is 4.79 Å². The first-order chi connectivity index (χ1) is 10.6. The highest BCUT2D eigenvalue weighted by Gasteiger charge is 2.56. The Labute approximate surface area is 139 Å². The summed E-state index contributed by atoms with van der Waals surface area (Å²) >= 11 is 0. The Hall–Kier alpha value is -1.09. The van der Waals surface area contributed by atoms with E-state index in [2.05, 4.69) is 33.4 Å². The van der Waals surface area contributed by atoms with E-state index in [1.807, 2.05) is 0 Å². The van der Waals surface area contributed by atoms with Crippen molar-refractivity contribution >= 4 is 5.97 Å². The molecule has 0 aromatic rings. The third kappa shape index (κ3) is 2.48. The van der Waals surface area contributed by atoms with Crippen LogP contribution in [0.3, 0.4) is 0 Å². The van der Waals surface area contributed by atoms with Crippen molar-refractivity contribution < 1.29 is 14.6 Å². The molecule has 1 saturated carbocycles. The van der Waals surface area contributed by atoms with Crippen LogP contribution in [0.4, 0.5) is 0 Å². The van der Waals surface area contributed by atoms with Crippen LogP contribution in [0.1, 0.15) is 59.8 Å². The Balaban J connectivity index is 1.99. The average Bonchev–Trinajstić information content (AvgIpc) is 2.46. The first-order valence-electron chi connectivity index (χ1n) is 8.89. The lowest BCUT2D eigenvalue weighted by molar-refractivity contribution is -0.170. The van der Waals surface area contributed by atoms with Gasteiger partial charge in [-0.15, -0.1) is 6.58 Å². The number of esters is 1. The Morgan fingerprint density at radius 1 is 1.39 bits per heavy atom. The summed E-state index contributed by atoms with van der Waals surface area (Å²) in [5.41, 5.74) is 0.0833. The molecule has 3 heteroatoms. The maximum absolute atomic E-state index is 12.5. The molecule has 0 aromatic carbocycles. The lowest BCUT2D eigenvalue weighted by Gasteiger charge is -2.58. The zero-order valence-corrected chi connectivity index (χ0v) is 14.9. The van der Waals surface area contributed by atoms with Gasteiger partial charge in [0, 0.05) is 11.5 Å². The van der Waals surface area contributed by atoms with Gasteiger partial charge >= 0.3 is 5.97 Å². The highest BCUT2D eigenvalue weighted by Crippen LogP contribution is 2.61. The van der Waals surface area contributed by atoms with Gasteiger partial charge in [-0.3, -0.25) is 0 Å². The van der Waals surface area contributed by atoms with Crippen LogP contribution in [0.5, 0.6) is 0 Å². The van der Waals surface area contributed by atoms with Crippen LogP contribution in [0.25, 0.3) is 0 Å². The minimum atomic E-state index is -1.17. The van der Waals surface area contributed by atoms with E-state index in [0.29, 0.717) is 17.8 Å². The summed E-state index contributed by atoms with van der Waals surface area (Å²) < 4.78 is 5.56. The first-order valence-corrected chi connectivity index (χ1v) is 8.89. The van der Waals surface area contributed by atoms with Crippen LogP contribution in [-0.4, -0.2) is 22.8 Å². The quantitative estimate of drug-likeness (QED) is 0.618. The highest BCUT2D eigenvalue weighted by atomic mass is 16.6. The maximum atomic E-state index is 12.5. The zero-order chi connectivity index (χ0) is 17.0. The van der Waals surface area contributed by atoms with Crippen molar-refractivity contribution in [3.63, 3.8) is 0 Å². The van der Waals surface area contributed by atoms with Crippen molar-refractivity contribution in [3.05, 3.63) is 24.3 Å². The van der Waals surface area contributed by atoms with E-state index in [9.17, 15) is 9.90 Å². The van der Waals surface area contributed by atoms with Crippen LogP contribution in [0.2, 0.25) is 0 Å². The van der Waals surface area contributed by atoms with E-state index in [-0.39, 0.29) is 17.3 Å². The van der Waals surface area contributed by atoms with Gasteiger partial charge in [-0.05, 0) is 49.4 Å². The predicted octanol–water partition coefficient (Wildman–Crippen LogP) is 4.02. The van der Waals surface area contributed by atoms with Crippen molar-refractivity contribution in [3.8, 4) is 0 Å². The number of fused-ring (bicyclic) bond motifs is 3. The Morgan fingerprint density at radius 3 is 2.74 bits per heavy atom. The summed E-state index contributed by atoms with van der Waals surface area (Å²) in [6.45, 7) is 12.5. The van der Waals surface area contributed by atoms with E-state index in [4.69, 9.17) is 4.74 Å². The third-order valence-electron chi connectivity index (χ3n) is 7.02. The highest BCUT2D eigenvalue weighted by molar-refractivity contribution is 5.90. The standard InChI is InChI=1S/C20H30O3/c1-6-20(5,22)16-12-14-13(17(21)23-16)8-9-15-18(2,3)10-7-11-19(14,15)4/h6,8,14-16,22H,1,7,9-12H2,2-5H3. The van der Waals surface area contributed by atoms with E-state index in [1.165, 1.54) is 18.9 Å². The van der Waals surface area contributed by atoms with Crippen molar-refractivity contribution in [2.75, 3.05) is 0 Å². The van der Waals surface area contributed by atoms with Crippen LogP contribution in [0.15, 0.2) is 24.3 Å². The number of cyclic esters (lactones) is 1. The summed E-state index contributed by atoms with van der Waals surface area (Å²) in [5, 5.41) is 10.5. The van der Waals surface area contributed by atoms with Gasteiger partial charge in [0.05, 0.1) is 0 Å². The monoisotopic (exact) mass is 318 g/mol. The van der Waals surface area contributed by atoms with Gasteiger partial charge in [0.15, 0.2) is 0 Å². The zero-order valence-electron chi connectivity index (χ0n) is 14.9. The molecule has 23 heavy (non-hydrogen) atoms. The first kappa shape index (κ1) is 16.8. The molecule has 2 aliphatic carbocycles. The van der Waals surface area contributed by atoms with E-state index in [0.717, 1.165) is 18.4 Å². The minimum absolute atomic E-state index is 0.112. The molecule has 1 N–H and O–H groups in total. The van der Waals surface area contributed by atoms with Crippen molar-refractivity contribution in [1.29, 1.82) is 0 Å². The second-order valence-electron chi connectivity index (χ2n) is 8.91. The van der Waals surface area contributed by atoms with Crippen LogP contribution < -0.4 is 0 Å². The summed E-state index contributed by atoms with van der Waals surface area (Å²) in [7, 11) is 0. The fourth-order valence-corrected chi connectivity index (χ4v) is 5.48. The molecule has 1 heterocycles. The fraction of sp³-hybridized carbons (Fsp3) is 0.750. The molecule has 3 rings (SSSR count). The van der Waals surface area contributed by atoms with Crippen LogP contribution >= 0.6 is 0 Å². The van der Waals surface area contributed by atoms with Gasteiger partial charge in [0.25, 0.3) is 0 Å². The largest absolute Gasteiger partial charge is 0.456 e. The van der Waals surface area contributed by atoms with E-state index >= 15 is 0 Å². The number of hydrogen-bond acceptors (Lipinski definition) is 3. The molecule has 1 aliphatic heterocycles. The smallest absolute Gasteiger partial charge is 0.334 e. The molecule has 5 atom stereocenters. The number of carbonyl (C=O) groups is 1. The summed E-state index contributed by atoms with van der Waals surface area (Å²) in [5.74, 6) is 0.521. The number of allylic oxidation sites excluding steroid dienone is 1. The maximum Gasteiger partial charge on any atom is 0.334 e. The summed E-state index contributed by atoms with van der Waals surface area (Å²) in [6.07, 6.45) is 8.38. The van der Waals surface area contributed by atoms with Gasteiger partial charge < -0.3 is 9.84 Å². The molecule has 0 spiro atoms. The second-order valence-corrected chi connectivity index (χ2v) is 8.91. The Morgan fingerprint density at radius 2 is 2.09 bits per heavy atom. The van der Waals surface area contributed by atoms with Crippen LogP contribution in [-0.2, 0) is 9.53 Å². The molecule has 3 aliphatic rings. The molecule has 3 nitrogen and oxygen atoms in total. The average molecular weight is 318 g/mol. The van der Waals surface area contributed by atoms with Crippen molar-refractivity contribution in [2.45, 2.75) is 71.5 Å². The molecule has 0 bridgehead atoms. The molecule has 0 radical (unpaired) electrons. The second kappa shape index (κ2) is 5.20. The molecule has 128 valence electrons. The lowest BCUT2D eigenvalue weighted by Crippen LogP contribution is -2.55. The molecular formula is C20H30O3. The number of ether oxygens (including phenoxy) is 1. The topological polar surface area (TPSA) is 46.5 Å². The molecule has 0 amide bonds. The van der Waals surface area contributed by atoms with E-state index < -0.39 is 11.7 Å². The number of aliphatic hydroxyl groups is 1. The number of hydrogen-bond donors (Lipinski definition) is 1. The van der Waals surface area contributed by atoms with Crippen molar-refractivity contribution in [1.82, 2.24) is 0 Å². The predicted molar refractivity (Wildman–Crippen MR) is 90.7 cm³/mol. The number of rotatable bonds is 2. The van der Waals surface area contributed by atoms with Gasteiger partial charge in [0.1, 0.15) is 11.7 Å².